The number of rotatable bonds is 9. The maximum absolute atomic E-state index is 12.7. The van der Waals surface area contributed by atoms with Gasteiger partial charge >= 0.3 is 12.1 Å². The van der Waals surface area contributed by atoms with Crippen LogP contribution < -0.4 is 0 Å². The molecule has 24 heavy (non-hydrogen) atoms. The van der Waals surface area contributed by atoms with Crippen LogP contribution in [0.5, 0.6) is 0 Å². The van der Waals surface area contributed by atoms with E-state index in [9.17, 15) is 18.0 Å². The van der Waals surface area contributed by atoms with E-state index in [0.717, 1.165) is 12.1 Å². The number of nitrogens with zero attached hydrogens (tertiary/aromatic N) is 1. The molecule has 2 atom stereocenters. The summed E-state index contributed by atoms with van der Waals surface area (Å²) in [5.74, 6) is -1.04. The average molecular weight is 349 g/mol. The second-order valence-electron chi connectivity index (χ2n) is 5.29. The van der Waals surface area contributed by atoms with Gasteiger partial charge in [0.2, 0.25) is 0 Å². The van der Waals surface area contributed by atoms with Crippen molar-refractivity contribution in [1.82, 2.24) is 4.90 Å². The SMILES string of the molecule is CCOC(CN(C)C(CC(=O)O)c1ccc(C(F)(F)F)cc1)OC. The van der Waals surface area contributed by atoms with Crippen molar-refractivity contribution in [1.29, 1.82) is 0 Å². The van der Waals surface area contributed by atoms with Gasteiger partial charge < -0.3 is 14.6 Å². The van der Waals surface area contributed by atoms with Crippen molar-refractivity contribution in [3.05, 3.63) is 35.4 Å². The summed E-state index contributed by atoms with van der Waals surface area (Å²) in [6, 6.07) is 3.91. The van der Waals surface area contributed by atoms with E-state index in [-0.39, 0.29) is 13.0 Å². The van der Waals surface area contributed by atoms with E-state index in [1.165, 1.54) is 19.2 Å². The lowest BCUT2D eigenvalue weighted by molar-refractivity contribution is -0.143. The lowest BCUT2D eigenvalue weighted by atomic mass is 10.0. The third kappa shape index (κ3) is 6.10. The molecular weight excluding hydrogens is 327 g/mol. The van der Waals surface area contributed by atoms with Crippen LogP contribution in [0.15, 0.2) is 24.3 Å². The first-order valence-electron chi connectivity index (χ1n) is 7.42. The molecule has 0 aliphatic carbocycles. The normalized spacial score (nSPS) is 14.6. The van der Waals surface area contributed by atoms with Gasteiger partial charge in [-0.15, -0.1) is 0 Å². The first-order chi connectivity index (χ1) is 11.2. The van der Waals surface area contributed by atoms with Gasteiger partial charge in [-0.3, -0.25) is 9.69 Å². The lowest BCUT2D eigenvalue weighted by Gasteiger charge is -2.30. The number of hydrogen-bond donors (Lipinski definition) is 1. The van der Waals surface area contributed by atoms with E-state index in [0.29, 0.717) is 12.2 Å². The predicted octanol–water partition coefficient (Wildman–Crippen LogP) is 3.16. The summed E-state index contributed by atoms with van der Waals surface area (Å²) in [5, 5.41) is 9.10. The third-order valence-corrected chi connectivity index (χ3v) is 3.58. The van der Waals surface area contributed by atoms with Crippen molar-refractivity contribution in [2.75, 3.05) is 27.3 Å². The van der Waals surface area contributed by atoms with Crippen LogP contribution in [0, 0.1) is 0 Å². The van der Waals surface area contributed by atoms with Gasteiger partial charge in [-0.25, -0.2) is 0 Å². The Labute approximate surface area is 139 Å². The van der Waals surface area contributed by atoms with E-state index >= 15 is 0 Å². The van der Waals surface area contributed by atoms with Gasteiger partial charge in [0.1, 0.15) is 0 Å². The molecule has 5 nitrogen and oxygen atoms in total. The number of benzene rings is 1. The van der Waals surface area contributed by atoms with E-state index in [2.05, 4.69) is 0 Å². The number of methoxy groups -OCH3 is 1. The minimum Gasteiger partial charge on any atom is -0.481 e. The number of aliphatic carboxylic acids is 1. The maximum Gasteiger partial charge on any atom is 0.416 e. The van der Waals surface area contributed by atoms with Gasteiger partial charge in [0.15, 0.2) is 6.29 Å². The number of carbonyl (C=O) groups is 1. The number of carboxylic acid groups (broad SMARTS) is 1. The Morgan fingerprint density at radius 2 is 1.88 bits per heavy atom. The molecule has 0 spiro atoms. The number of ether oxygens (including phenoxy) is 2. The zero-order chi connectivity index (χ0) is 18.3. The molecule has 1 rings (SSSR count). The van der Waals surface area contributed by atoms with Gasteiger partial charge in [0, 0.05) is 26.3 Å². The van der Waals surface area contributed by atoms with Crippen molar-refractivity contribution in [3.63, 3.8) is 0 Å². The minimum atomic E-state index is -4.43. The van der Waals surface area contributed by atoms with Crippen LogP contribution in [0.25, 0.3) is 0 Å². The van der Waals surface area contributed by atoms with Gasteiger partial charge in [0.25, 0.3) is 0 Å². The van der Waals surface area contributed by atoms with Crippen molar-refractivity contribution < 1.29 is 32.5 Å². The molecule has 2 unspecified atom stereocenters. The quantitative estimate of drug-likeness (QED) is 0.694. The van der Waals surface area contributed by atoms with Gasteiger partial charge in [-0.1, -0.05) is 12.1 Å². The molecule has 1 aromatic carbocycles. The molecule has 1 N–H and O–H groups in total. The highest BCUT2D eigenvalue weighted by Gasteiger charge is 2.31. The number of alkyl halides is 3. The van der Waals surface area contributed by atoms with E-state index in [1.807, 2.05) is 0 Å². The predicted molar refractivity (Wildman–Crippen MR) is 81.5 cm³/mol. The Balaban J connectivity index is 2.97. The molecule has 0 aromatic heterocycles. The summed E-state index contributed by atoms with van der Waals surface area (Å²) in [5.41, 5.74) is -0.286. The summed E-state index contributed by atoms with van der Waals surface area (Å²) in [4.78, 5) is 12.8. The Morgan fingerprint density at radius 3 is 2.29 bits per heavy atom. The molecule has 8 heteroatoms. The van der Waals surface area contributed by atoms with Crippen molar-refractivity contribution >= 4 is 5.97 Å². The maximum atomic E-state index is 12.7. The second-order valence-corrected chi connectivity index (χ2v) is 5.29. The number of carboxylic acids is 1. The van der Waals surface area contributed by atoms with Gasteiger partial charge in [0.05, 0.1) is 12.0 Å². The molecule has 0 aliphatic heterocycles. The molecule has 0 heterocycles. The number of hydrogen-bond acceptors (Lipinski definition) is 4. The standard InChI is InChI=1S/C16H22F3NO4/c1-4-24-15(23-3)10-20(2)13(9-14(21)22)11-5-7-12(8-6-11)16(17,18)19/h5-8,13,15H,4,9-10H2,1-3H3,(H,21,22). The highest BCUT2D eigenvalue weighted by molar-refractivity contribution is 5.68. The van der Waals surface area contributed by atoms with E-state index < -0.39 is 30.0 Å². The first kappa shape index (κ1) is 20.4. The van der Waals surface area contributed by atoms with Crippen molar-refractivity contribution in [2.24, 2.45) is 0 Å². The van der Waals surface area contributed by atoms with Crippen LogP contribution in [0.3, 0.4) is 0 Å². The second kappa shape index (κ2) is 9.00. The van der Waals surface area contributed by atoms with Crippen LogP contribution in [0.2, 0.25) is 0 Å². The number of halogens is 3. The molecule has 0 amide bonds. The summed E-state index contributed by atoms with van der Waals surface area (Å²) in [6.45, 7) is 2.51. The van der Waals surface area contributed by atoms with Crippen LogP contribution in [-0.4, -0.2) is 49.6 Å². The molecule has 0 fully saturated rings. The summed E-state index contributed by atoms with van der Waals surface area (Å²) in [6.07, 6.45) is -5.22. The minimum absolute atomic E-state index is 0.246. The molecule has 1 aromatic rings. The van der Waals surface area contributed by atoms with Gasteiger partial charge in [-0.05, 0) is 31.7 Å². The van der Waals surface area contributed by atoms with E-state index in [4.69, 9.17) is 14.6 Å². The number of likely N-dealkylation sites (N-methyl/N-ethyl adjacent to an activating group) is 1. The van der Waals surface area contributed by atoms with Crippen LogP contribution in [-0.2, 0) is 20.4 Å². The monoisotopic (exact) mass is 349 g/mol. The van der Waals surface area contributed by atoms with Crippen molar-refractivity contribution in [3.8, 4) is 0 Å². The van der Waals surface area contributed by atoms with E-state index in [1.54, 1.807) is 18.9 Å². The highest BCUT2D eigenvalue weighted by atomic mass is 19.4. The van der Waals surface area contributed by atoms with Gasteiger partial charge in [-0.2, -0.15) is 13.2 Å². The largest absolute Gasteiger partial charge is 0.481 e. The van der Waals surface area contributed by atoms with Crippen LogP contribution in [0.1, 0.15) is 30.5 Å². The molecule has 0 saturated carbocycles. The Bertz CT molecular complexity index is 519. The fraction of sp³-hybridized carbons (Fsp3) is 0.562. The lowest BCUT2D eigenvalue weighted by Crippen LogP contribution is -2.36. The Hall–Kier alpha value is -1.64. The Kier molecular flexibility index (Phi) is 7.65. The molecule has 0 aliphatic rings. The zero-order valence-corrected chi connectivity index (χ0v) is 13.8. The summed E-state index contributed by atoms with van der Waals surface area (Å²) >= 11 is 0. The smallest absolute Gasteiger partial charge is 0.416 e. The van der Waals surface area contributed by atoms with Crippen molar-refractivity contribution in [2.45, 2.75) is 31.9 Å². The topological polar surface area (TPSA) is 59.0 Å². The zero-order valence-electron chi connectivity index (χ0n) is 13.8. The average Bonchev–Trinajstić information content (AvgIpc) is 2.51. The first-order valence-corrected chi connectivity index (χ1v) is 7.42. The molecule has 0 bridgehead atoms. The molecule has 0 saturated heterocycles. The summed E-state index contributed by atoms with van der Waals surface area (Å²) in [7, 11) is 3.15. The third-order valence-electron chi connectivity index (χ3n) is 3.58. The molecule has 0 radical (unpaired) electrons. The molecule has 136 valence electrons. The van der Waals surface area contributed by atoms with Crippen LogP contribution >= 0.6 is 0 Å². The van der Waals surface area contributed by atoms with Crippen LogP contribution in [0.4, 0.5) is 13.2 Å². The highest BCUT2D eigenvalue weighted by Crippen LogP contribution is 2.31. The fourth-order valence-electron chi connectivity index (χ4n) is 2.33. The molecular formula is C16H22F3NO4. The fourth-order valence-corrected chi connectivity index (χ4v) is 2.33. The summed E-state index contributed by atoms with van der Waals surface area (Å²) < 4.78 is 48.5. The Morgan fingerprint density at radius 1 is 1.29 bits per heavy atom.